The summed E-state index contributed by atoms with van der Waals surface area (Å²) < 4.78 is 27.2. The number of H-pyrrole nitrogens is 1. The van der Waals surface area contributed by atoms with Gasteiger partial charge in [-0.2, -0.15) is 8.42 Å². The molecule has 2 aromatic carbocycles. The molecule has 0 saturated heterocycles. The average molecular weight is 599 g/mol. The molecule has 0 saturated carbocycles. The first-order chi connectivity index (χ1) is 16.2. The van der Waals surface area contributed by atoms with Crippen molar-refractivity contribution < 1.29 is 13.0 Å². The molecule has 1 unspecified atom stereocenters. The van der Waals surface area contributed by atoms with Crippen molar-refractivity contribution in [1.29, 1.82) is 0 Å². The summed E-state index contributed by atoms with van der Waals surface area (Å²) in [6, 6.07) is 14.3. The molecule has 0 fully saturated rings. The standard InChI is InChI=1S/C23H27IN4O.CH4O3S/c1-2-15-12-17-19(8-11-27-23(17)18(24)13-15)25-9-5-10-26-22-14-21(29)16-6-3-4-7-20(16)28-22;1-5(2,3)4/h3-4,6-7,12-14,19,25,27H,2,5,8-11H2,1H3,(H2,26,28,29);1H3,(H,2,3,4). The normalized spacial score (nSPS) is 15.1. The van der Waals surface area contributed by atoms with E-state index in [1.165, 1.54) is 20.4 Å². The molecule has 34 heavy (non-hydrogen) atoms. The number of aryl methyl sites for hydroxylation is 1. The van der Waals surface area contributed by atoms with Crippen molar-refractivity contribution in [1.82, 2.24) is 10.3 Å². The van der Waals surface area contributed by atoms with Gasteiger partial charge in [-0.1, -0.05) is 25.1 Å². The van der Waals surface area contributed by atoms with E-state index in [2.05, 4.69) is 62.6 Å². The van der Waals surface area contributed by atoms with Crippen LogP contribution in [0.1, 0.15) is 36.9 Å². The summed E-state index contributed by atoms with van der Waals surface area (Å²) in [5.41, 5.74) is 5.00. The van der Waals surface area contributed by atoms with Gasteiger partial charge in [0.05, 0.1) is 17.5 Å². The summed E-state index contributed by atoms with van der Waals surface area (Å²) in [4.78, 5) is 15.5. The number of hydrogen-bond donors (Lipinski definition) is 5. The highest BCUT2D eigenvalue weighted by atomic mass is 127. The summed E-state index contributed by atoms with van der Waals surface area (Å²) in [7, 11) is -3.67. The lowest BCUT2D eigenvalue weighted by Gasteiger charge is -2.29. The average Bonchev–Trinajstić information content (AvgIpc) is 2.78. The van der Waals surface area contributed by atoms with E-state index in [4.69, 9.17) is 4.55 Å². The zero-order valence-electron chi connectivity index (χ0n) is 19.3. The molecule has 1 atom stereocenters. The first kappa shape index (κ1) is 26.5. The molecule has 3 aromatic rings. The van der Waals surface area contributed by atoms with Crippen molar-refractivity contribution in [3.8, 4) is 0 Å². The summed E-state index contributed by atoms with van der Waals surface area (Å²) in [6.07, 6.45) is 3.86. The third-order valence-electron chi connectivity index (χ3n) is 5.50. The number of nitrogens with one attached hydrogen (secondary N) is 4. The maximum atomic E-state index is 12.2. The SMILES string of the molecule is CCc1cc(I)c2c(c1)C(NCCCNc1cc(=O)c3ccccc3[nH]1)CCN2.CS(=O)(=O)O. The third-order valence-corrected chi connectivity index (χ3v) is 6.35. The lowest BCUT2D eigenvalue weighted by molar-refractivity contribution is 0.490. The van der Waals surface area contributed by atoms with Gasteiger partial charge in [0.1, 0.15) is 5.82 Å². The monoisotopic (exact) mass is 598 g/mol. The van der Waals surface area contributed by atoms with Crippen LogP contribution in [0, 0.1) is 3.57 Å². The van der Waals surface area contributed by atoms with Gasteiger partial charge in [0.2, 0.25) is 0 Å². The van der Waals surface area contributed by atoms with E-state index in [-0.39, 0.29) is 5.43 Å². The van der Waals surface area contributed by atoms with Crippen LogP contribution < -0.4 is 21.4 Å². The molecule has 4 rings (SSSR count). The van der Waals surface area contributed by atoms with Crippen molar-refractivity contribution in [3.05, 3.63) is 67.4 Å². The molecular formula is C24H31IN4O4S. The van der Waals surface area contributed by atoms with Gasteiger partial charge in [0.25, 0.3) is 10.1 Å². The van der Waals surface area contributed by atoms with E-state index in [1.807, 2.05) is 24.3 Å². The second-order valence-corrected chi connectivity index (χ2v) is 10.9. The van der Waals surface area contributed by atoms with Gasteiger partial charge in [-0.3, -0.25) is 9.35 Å². The molecule has 1 aliphatic heterocycles. The second kappa shape index (κ2) is 12.0. The molecule has 184 valence electrons. The summed E-state index contributed by atoms with van der Waals surface area (Å²) in [6.45, 7) is 4.95. The minimum absolute atomic E-state index is 0.0487. The van der Waals surface area contributed by atoms with Gasteiger partial charge < -0.3 is 20.9 Å². The first-order valence-electron chi connectivity index (χ1n) is 11.2. The Labute approximate surface area is 213 Å². The lowest BCUT2D eigenvalue weighted by Crippen LogP contribution is -2.30. The Morgan fingerprint density at radius 1 is 1.18 bits per heavy atom. The highest BCUT2D eigenvalue weighted by Gasteiger charge is 2.21. The van der Waals surface area contributed by atoms with Gasteiger partial charge in [-0.05, 0) is 77.7 Å². The summed E-state index contributed by atoms with van der Waals surface area (Å²) in [5, 5.41) is 11.4. The molecule has 5 N–H and O–H groups in total. The van der Waals surface area contributed by atoms with E-state index in [0.29, 0.717) is 12.3 Å². The molecule has 0 amide bonds. The number of para-hydroxylation sites is 1. The quantitative estimate of drug-likeness (QED) is 0.157. The zero-order chi connectivity index (χ0) is 24.7. The largest absolute Gasteiger partial charge is 0.384 e. The van der Waals surface area contributed by atoms with Crippen LogP contribution in [0.15, 0.2) is 47.3 Å². The number of pyridine rings is 1. The van der Waals surface area contributed by atoms with Crippen molar-refractivity contribution in [2.24, 2.45) is 0 Å². The van der Waals surface area contributed by atoms with Crippen LogP contribution in [0.5, 0.6) is 0 Å². The molecule has 10 heteroatoms. The Hall–Kier alpha value is -2.15. The van der Waals surface area contributed by atoms with Crippen LogP contribution in [-0.4, -0.2) is 43.8 Å². The minimum Gasteiger partial charge on any atom is -0.384 e. The van der Waals surface area contributed by atoms with Gasteiger partial charge in [0.15, 0.2) is 5.43 Å². The zero-order valence-corrected chi connectivity index (χ0v) is 22.3. The van der Waals surface area contributed by atoms with Crippen LogP contribution in [0.2, 0.25) is 0 Å². The minimum atomic E-state index is -3.67. The van der Waals surface area contributed by atoms with Crippen LogP contribution in [0.4, 0.5) is 11.5 Å². The number of aromatic nitrogens is 1. The van der Waals surface area contributed by atoms with Gasteiger partial charge in [0, 0.05) is 34.2 Å². The molecule has 1 aromatic heterocycles. The van der Waals surface area contributed by atoms with E-state index in [1.54, 1.807) is 6.07 Å². The Kier molecular flexibility index (Phi) is 9.34. The lowest BCUT2D eigenvalue weighted by atomic mass is 9.95. The Morgan fingerprint density at radius 2 is 1.91 bits per heavy atom. The predicted octanol–water partition coefficient (Wildman–Crippen LogP) is 4.15. The highest BCUT2D eigenvalue weighted by molar-refractivity contribution is 14.1. The molecule has 1 aliphatic rings. The Bertz CT molecular complexity index is 1290. The Morgan fingerprint density at radius 3 is 2.65 bits per heavy atom. The van der Waals surface area contributed by atoms with Crippen molar-refractivity contribution in [2.45, 2.75) is 32.2 Å². The van der Waals surface area contributed by atoms with E-state index in [9.17, 15) is 13.2 Å². The number of benzene rings is 2. The van der Waals surface area contributed by atoms with Crippen molar-refractivity contribution >= 4 is 55.1 Å². The number of anilines is 2. The van der Waals surface area contributed by atoms with E-state index >= 15 is 0 Å². The van der Waals surface area contributed by atoms with Crippen molar-refractivity contribution in [3.63, 3.8) is 0 Å². The second-order valence-electron chi connectivity index (χ2n) is 8.22. The van der Waals surface area contributed by atoms with Gasteiger partial charge >= 0.3 is 0 Å². The fourth-order valence-corrected chi connectivity index (χ4v) is 4.84. The maximum Gasteiger partial charge on any atom is 0.261 e. The van der Waals surface area contributed by atoms with Crippen LogP contribution in [0.3, 0.4) is 0 Å². The molecule has 0 aliphatic carbocycles. The number of rotatable bonds is 7. The molecule has 0 radical (unpaired) electrons. The van der Waals surface area contributed by atoms with Gasteiger partial charge in [-0.15, -0.1) is 0 Å². The number of halogens is 1. The topological polar surface area (TPSA) is 123 Å². The molecule has 0 bridgehead atoms. The molecule has 0 spiro atoms. The number of hydrogen-bond acceptors (Lipinski definition) is 6. The smallest absolute Gasteiger partial charge is 0.261 e. The summed E-state index contributed by atoms with van der Waals surface area (Å²) >= 11 is 2.44. The fraction of sp³-hybridized carbons (Fsp3) is 0.375. The number of fused-ring (bicyclic) bond motifs is 2. The maximum absolute atomic E-state index is 12.2. The van der Waals surface area contributed by atoms with Crippen molar-refractivity contribution in [2.75, 3.05) is 36.5 Å². The summed E-state index contributed by atoms with van der Waals surface area (Å²) in [5.74, 6) is 0.781. The van der Waals surface area contributed by atoms with E-state index in [0.717, 1.165) is 55.6 Å². The third kappa shape index (κ3) is 7.69. The molecule has 8 nitrogen and oxygen atoms in total. The Balaban J connectivity index is 0.000000588. The number of aromatic amines is 1. The van der Waals surface area contributed by atoms with Crippen LogP contribution in [0.25, 0.3) is 10.9 Å². The predicted molar refractivity (Wildman–Crippen MR) is 148 cm³/mol. The van der Waals surface area contributed by atoms with Crippen LogP contribution >= 0.6 is 22.6 Å². The molecule has 2 heterocycles. The van der Waals surface area contributed by atoms with Crippen LogP contribution in [-0.2, 0) is 16.5 Å². The molecular weight excluding hydrogens is 567 g/mol. The highest BCUT2D eigenvalue weighted by Crippen LogP contribution is 2.34. The van der Waals surface area contributed by atoms with E-state index < -0.39 is 10.1 Å². The fourth-order valence-electron chi connectivity index (χ4n) is 3.94. The first-order valence-corrected chi connectivity index (χ1v) is 14.2. The van der Waals surface area contributed by atoms with Gasteiger partial charge in [-0.25, -0.2) is 0 Å².